The number of carbonyl (C=O) groups is 2. The van der Waals surface area contributed by atoms with Crippen molar-refractivity contribution in [1.82, 2.24) is 9.62 Å². The Kier molecular flexibility index (Phi) is 7.54. The van der Waals surface area contributed by atoms with Gasteiger partial charge in [-0.1, -0.05) is 18.2 Å². The van der Waals surface area contributed by atoms with E-state index in [9.17, 15) is 18.0 Å². The van der Waals surface area contributed by atoms with Gasteiger partial charge in [-0.3, -0.25) is 9.59 Å². The fourth-order valence-corrected chi connectivity index (χ4v) is 5.09. The molecule has 0 saturated carbocycles. The van der Waals surface area contributed by atoms with Gasteiger partial charge in [-0.25, -0.2) is 8.42 Å². The zero-order valence-corrected chi connectivity index (χ0v) is 17.6. The number of ketones is 1. The van der Waals surface area contributed by atoms with Crippen molar-refractivity contribution in [3.63, 3.8) is 0 Å². The number of nitrogens with zero attached hydrogens (tertiary/aromatic N) is 1. The van der Waals surface area contributed by atoms with Crippen molar-refractivity contribution in [3.8, 4) is 0 Å². The zero-order valence-electron chi connectivity index (χ0n) is 16.0. The van der Waals surface area contributed by atoms with Gasteiger partial charge in [0.25, 0.3) is 0 Å². The molecule has 1 aliphatic heterocycles. The molecule has 1 fully saturated rings. The molecule has 0 spiro atoms. The molecule has 1 amide bonds. The van der Waals surface area contributed by atoms with Gasteiger partial charge >= 0.3 is 0 Å². The average Bonchev–Trinajstić information content (AvgIpc) is 3.28. The minimum Gasteiger partial charge on any atom is -0.379 e. The summed E-state index contributed by atoms with van der Waals surface area (Å²) in [5.74, 6) is -0.186. The summed E-state index contributed by atoms with van der Waals surface area (Å²) in [7, 11) is -3.49. The maximum absolute atomic E-state index is 12.6. The predicted molar refractivity (Wildman–Crippen MR) is 111 cm³/mol. The smallest absolute Gasteiger partial charge is 0.243 e. The Labute approximate surface area is 174 Å². The first-order valence-corrected chi connectivity index (χ1v) is 11.8. The monoisotopic (exact) mass is 436 g/mol. The lowest BCUT2D eigenvalue weighted by Gasteiger charge is -2.26. The summed E-state index contributed by atoms with van der Waals surface area (Å²) in [6, 6.07) is 10.3. The number of rotatable bonds is 9. The van der Waals surface area contributed by atoms with E-state index in [1.54, 1.807) is 30.3 Å². The lowest BCUT2D eigenvalue weighted by molar-refractivity contribution is -0.121. The highest BCUT2D eigenvalue weighted by Gasteiger charge is 2.26. The van der Waals surface area contributed by atoms with Crippen molar-refractivity contribution in [2.45, 2.75) is 24.2 Å². The second-order valence-electron chi connectivity index (χ2n) is 6.66. The van der Waals surface area contributed by atoms with E-state index in [0.29, 0.717) is 44.1 Å². The molecule has 1 N–H and O–H groups in total. The number of ether oxygens (including phenoxy) is 1. The van der Waals surface area contributed by atoms with Gasteiger partial charge in [0.2, 0.25) is 15.9 Å². The molecule has 0 aliphatic carbocycles. The standard InChI is InChI=1S/C20H24N2O5S2/c23-18(19-2-1-15-28-19)7-8-20(24)21-10-9-16-3-5-17(6-4-16)29(25,26)22-11-13-27-14-12-22/h1-6,15H,7-14H2,(H,21,24). The summed E-state index contributed by atoms with van der Waals surface area (Å²) < 4.78 is 31.8. The Morgan fingerprint density at radius 2 is 1.79 bits per heavy atom. The molecule has 2 heterocycles. The van der Waals surface area contributed by atoms with Crippen molar-refractivity contribution in [3.05, 3.63) is 52.2 Å². The first kappa shape index (κ1) is 21.6. The minimum absolute atomic E-state index is 0.0211. The third-order valence-electron chi connectivity index (χ3n) is 4.64. The van der Waals surface area contributed by atoms with Crippen LogP contribution < -0.4 is 5.32 Å². The van der Waals surface area contributed by atoms with Crippen LogP contribution in [0.4, 0.5) is 0 Å². The molecule has 0 radical (unpaired) electrons. The summed E-state index contributed by atoms with van der Waals surface area (Å²) in [4.78, 5) is 24.8. The third-order valence-corrected chi connectivity index (χ3v) is 7.47. The van der Waals surface area contributed by atoms with E-state index in [2.05, 4.69) is 5.32 Å². The van der Waals surface area contributed by atoms with Gasteiger partial charge in [0.1, 0.15) is 0 Å². The molecular weight excluding hydrogens is 412 g/mol. The summed E-state index contributed by atoms with van der Waals surface area (Å²) in [6.45, 7) is 1.99. The highest BCUT2D eigenvalue weighted by atomic mass is 32.2. The van der Waals surface area contributed by atoms with E-state index in [1.165, 1.54) is 15.6 Å². The quantitative estimate of drug-likeness (QED) is 0.608. The molecule has 156 valence electrons. The van der Waals surface area contributed by atoms with Crippen LogP contribution in [-0.2, 0) is 26.0 Å². The maximum Gasteiger partial charge on any atom is 0.243 e. The Balaban J connectivity index is 1.43. The van der Waals surface area contributed by atoms with Crippen LogP contribution in [0.1, 0.15) is 28.1 Å². The third kappa shape index (κ3) is 5.96. The summed E-state index contributed by atoms with van der Waals surface area (Å²) >= 11 is 1.38. The lowest BCUT2D eigenvalue weighted by Crippen LogP contribution is -2.40. The number of thiophene rings is 1. The van der Waals surface area contributed by atoms with Crippen molar-refractivity contribution in [2.24, 2.45) is 0 Å². The van der Waals surface area contributed by atoms with Crippen LogP contribution in [0.25, 0.3) is 0 Å². The van der Waals surface area contributed by atoms with Gasteiger partial charge in [0, 0.05) is 32.5 Å². The number of benzene rings is 1. The first-order valence-electron chi connectivity index (χ1n) is 9.47. The summed E-state index contributed by atoms with van der Waals surface area (Å²) in [5, 5.41) is 4.64. The molecule has 1 saturated heterocycles. The molecule has 2 aromatic rings. The van der Waals surface area contributed by atoms with E-state index < -0.39 is 10.0 Å². The second-order valence-corrected chi connectivity index (χ2v) is 9.55. The molecule has 1 aromatic carbocycles. The topological polar surface area (TPSA) is 92.8 Å². The van der Waals surface area contributed by atoms with Crippen LogP contribution in [-0.4, -0.2) is 57.3 Å². The van der Waals surface area contributed by atoms with Crippen LogP contribution in [0, 0.1) is 0 Å². The first-order chi connectivity index (χ1) is 14.0. The Bertz CT molecular complexity index is 918. The molecule has 1 aromatic heterocycles. The van der Waals surface area contributed by atoms with E-state index in [4.69, 9.17) is 4.74 Å². The minimum atomic E-state index is -3.49. The van der Waals surface area contributed by atoms with Crippen molar-refractivity contribution in [1.29, 1.82) is 0 Å². The van der Waals surface area contributed by atoms with E-state index >= 15 is 0 Å². The molecular formula is C20H24N2O5S2. The number of carbonyl (C=O) groups excluding carboxylic acids is 2. The molecule has 29 heavy (non-hydrogen) atoms. The molecule has 0 unspecified atom stereocenters. The van der Waals surface area contributed by atoms with Crippen LogP contribution >= 0.6 is 11.3 Å². The van der Waals surface area contributed by atoms with Gasteiger partial charge in [0.05, 0.1) is 23.0 Å². The van der Waals surface area contributed by atoms with Gasteiger partial charge in [-0.2, -0.15) is 4.31 Å². The van der Waals surface area contributed by atoms with E-state index in [-0.39, 0.29) is 29.4 Å². The largest absolute Gasteiger partial charge is 0.379 e. The average molecular weight is 437 g/mol. The number of Topliss-reactive ketones (excluding diaryl/α,β-unsaturated/α-hetero) is 1. The number of morpholine rings is 1. The maximum atomic E-state index is 12.6. The molecule has 7 nitrogen and oxygen atoms in total. The molecule has 1 aliphatic rings. The molecule has 3 rings (SSSR count). The number of sulfonamides is 1. The predicted octanol–water partition coefficient (Wildman–Crippen LogP) is 2.09. The molecule has 0 bridgehead atoms. The number of hydrogen-bond acceptors (Lipinski definition) is 6. The summed E-state index contributed by atoms with van der Waals surface area (Å²) in [5.41, 5.74) is 0.931. The van der Waals surface area contributed by atoms with Gasteiger partial charge in [-0.05, 0) is 35.6 Å². The van der Waals surface area contributed by atoms with Gasteiger partial charge < -0.3 is 10.1 Å². The van der Waals surface area contributed by atoms with Crippen molar-refractivity contribution >= 4 is 33.1 Å². The molecule has 0 atom stereocenters. The Hall–Kier alpha value is -2.07. The summed E-state index contributed by atoms with van der Waals surface area (Å²) in [6.07, 6.45) is 0.941. The SMILES string of the molecule is O=C(CCC(=O)c1cccs1)NCCc1ccc(S(=O)(=O)N2CCOCC2)cc1. The van der Waals surface area contributed by atoms with Crippen molar-refractivity contribution < 1.29 is 22.7 Å². The number of amides is 1. The number of hydrogen-bond donors (Lipinski definition) is 1. The normalized spacial score (nSPS) is 15.2. The van der Waals surface area contributed by atoms with Gasteiger partial charge in [-0.15, -0.1) is 11.3 Å². The second kappa shape index (κ2) is 10.1. The van der Waals surface area contributed by atoms with Crippen LogP contribution in [0.5, 0.6) is 0 Å². The number of nitrogens with one attached hydrogen (secondary N) is 1. The Morgan fingerprint density at radius 1 is 1.07 bits per heavy atom. The fraction of sp³-hybridized carbons (Fsp3) is 0.400. The van der Waals surface area contributed by atoms with E-state index in [1.807, 2.05) is 11.4 Å². The highest BCUT2D eigenvalue weighted by molar-refractivity contribution is 7.89. The lowest BCUT2D eigenvalue weighted by atomic mass is 10.1. The zero-order chi connectivity index (χ0) is 20.7. The van der Waals surface area contributed by atoms with Crippen LogP contribution in [0.2, 0.25) is 0 Å². The molecule has 9 heteroatoms. The van der Waals surface area contributed by atoms with E-state index in [0.717, 1.165) is 5.56 Å². The van der Waals surface area contributed by atoms with Crippen LogP contribution in [0.3, 0.4) is 0 Å². The van der Waals surface area contributed by atoms with Crippen LogP contribution in [0.15, 0.2) is 46.7 Å². The highest BCUT2D eigenvalue weighted by Crippen LogP contribution is 2.18. The fourth-order valence-electron chi connectivity index (χ4n) is 2.99. The van der Waals surface area contributed by atoms with Crippen molar-refractivity contribution in [2.75, 3.05) is 32.8 Å². The van der Waals surface area contributed by atoms with Gasteiger partial charge in [0.15, 0.2) is 5.78 Å². The Morgan fingerprint density at radius 3 is 2.45 bits per heavy atom.